The largest absolute Gasteiger partial charge is 0.492 e. The zero-order valence-corrected chi connectivity index (χ0v) is 15.5. The molecular weight excluding hydrogens is 350 g/mol. The highest BCUT2D eigenvalue weighted by Gasteiger charge is 2.20. The first kappa shape index (κ1) is 20.5. The van der Waals surface area contributed by atoms with Crippen molar-refractivity contribution in [1.29, 1.82) is 0 Å². The van der Waals surface area contributed by atoms with E-state index < -0.39 is 11.7 Å². The van der Waals surface area contributed by atoms with Gasteiger partial charge in [-0.3, -0.25) is 5.32 Å². The summed E-state index contributed by atoms with van der Waals surface area (Å²) in [6.07, 6.45) is 0. The molecule has 0 fully saturated rings. The molecular formula is C20H25NO6. The average Bonchev–Trinajstić information content (AvgIpc) is 2.69. The molecule has 1 unspecified atom stereocenters. The van der Waals surface area contributed by atoms with Gasteiger partial charge in [-0.25, -0.2) is 4.79 Å². The molecule has 1 atom stereocenters. The Morgan fingerprint density at radius 1 is 0.963 bits per heavy atom. The summed E-state index contributed by atoms with van der Waals surface area (Å²) in [5.74, 6) is 1.46. The Morgan fingerprint density at radius 2 is 1.56 bits per heavy atom. The van der Waals surface area contributed by atoms with Crippen LogP contribution in [0.4, 0.5) is 0 Å². The summed E-state index contributed by atoms with van der Waals surface area (Å²) in [6.45, 7) is 2.42. The second-order valence-corrected chi connectivity index (χ2v) is 5.99. The summed E-state index contributed by atoms with van der Waals surface area (Å²) in [5.41, 5.74) is -1.18. The number of hydrogen-bond donors (Lipinski definition) is 2. The van der Waals surface area contributed by atoms with Crippen LogP contribution in [-0.2, 0) is 9.53 Å². The van der Waals surface area contributed by atoms with Gasteiger partial charge in [0.15, 0.2) is 6.61 Å². The highest BCUT2D eigenvalue weighted by Crippen LogP contribution is 2.17. The van der Waals surface area contributed by atoms with E-state index in [1.807, 2.05) is 30.3 Å². The molecule has 0 radical (unpaired) electrons. The number of methoxy groups -OCH3 is 1. The van der Waals surface area contributed by atoms with E-state index in [2.05, 4.69) is 10.1 Å². The quantitative estimate of drug-likeness (QED) is 0.353. The van der Waals surface area contributed by atoms with Crippen molar-refractivity contribution in [2.45, 2.75) is 12.6 Å². The molecule has 0 bridgehead atoms. The number of para-hydroxylation sites is 1. The fourth-order valence-corrected chi connectivity index (χ4v) is 2.11. The number of ether oxygens (including phenoxy) is 4. The summed E-state index contributed by atoms with van der Waals surface area (Å²) < 4.78 is 20.9. The van der Waals surface area contributed by atoms with Crippen LogP contribution < -0.4 is 19.5 Å². The van der Waals surface area contributed by atoms with Crippen LogP contribution in [0.5, 0.6) is 17.2 Å². The van der Waals surface area contributed by atoms with Gasteiger partial charge in [-0.15, -0.1) is 0 Å². The van der Waals surface area contributed by atoms with Gasteiger partial charge in [-0.05, 0) is 43.3 Å². The molecule has 7 heteroatoms. The molecule has 146 valence electrons. The molecule has 2 aromatic carbocycles. The first-order chi connectivity index (χ1) is 13.0. The van der Waals surface area contributed by atoms with Crippen LogP contribution in [0.25, 0.3) is 0 Å². The molecule has 2 rings (SSSR count). The topological polar surface area (TPSA) is 86.3 Å². The molecule has 0 aliphatic heterocycles. The van der Waals surface area contributed by atoms with Crippen LogP contribution in [0.15, 0.2) is 54.6 Å². The number of aliphatic hydroxyl groups is 1. The average molecular weight is 375 g/mol. The van der Waals surface area contributed by atoms with E-state index in [0.717, 1.165) is 0 Å². The van der Waals surface area contributed by atoms with Gasteiger partial charge in [-0.2, -0.15) is 0 Å². The van der Waals surface area contributed by atoms with Crippen molar-refractivity contribution in [2.75, 3.05) is 33.5 Å². The molecule has 0 aromatic heterocycles. The van der Waals surface area contributed by atoms with Crippen molar-refractivity contribution < 1.29 is 28.8 Å². The third kappa shape index (κ3) is 7.98. The van der Waals surface area contributed by atoms with Crippen LogP contribution in [0.1, 0.15) is 6.92 Å². The predicted molar refractivity (Wildman–Crippen MR) is 100 cm³/mol. The molecule has 0 aliphatic carbocycles. The molecule has 0 spiro atoms. The van der Waals surface area contributed by atoms with Crippen LogP contribution in [0.2, 0.25) is 0 Å². The second kappa shape index (κ2) is 10.4. The zero-order chi connectivity index (χ0) is 19.5. The standard InChI is InChI=1S/C20H25NO6/c1-20(23,15-27-16-6-4-3-5-7-16)21-12-13-25-17-8-10-18(11-9-17)26-14-19(22)24-2/h3-11,21,23H,12-15H2,1-2H3. The Kier molecular flexibility index (Phi) is 7.91. The Labute approximate surface area is 158 Å². The van der Waals surface area contributed by atoms with Crippen LogP contribution >= 0.6 is 0 Å². The van der Waals surface area contributed by atoms with Gasteiger partial charge in [0.05, 0.1) is 7.11 Å². The van der Waals surface area contributed by atoms with Gasteiger partial charge in [-0.1, -0.05) is 18.2 Å². The minimum absolute atomic E-state index is 0.114. The smallest absolute Gasteiger partial charge is 0.343 e. The van der Waals surface area contributed by atoms with Crippen LogP contribution in [0.3, 0.4) is 0 Å². The molecule has 0 amide bonds. The van der Waals surface area contributed by atoms with Crippen molar-refractivity contribution in [1.82, 2.24) is 5.32 Å². The van der Waals surface area contributed by atoms with Crippen molar-refractivity contribution in [2.24, 2.45) is 0 Å². The molecule has 7 nitrogen and oxygen atoms in total. The van der Waals surface area contributed by atoms with E-state index in [1.165, 1.54) is 7.11 Å². The van der Waals surface area contributed by atoms with E-state index in [1.54, 1.807) is 31.2 Å². The number of benzene rings is 2. The lowest BCUT2D eigenvalue weighted by molar-refractivity contribution is -0.142. The van der Waals surface area contributed by atoms with Gasteiger partial charge in [0.25, 0.3) is 0 Å². The lowest BCUT2D eigenvalue weighted by Crippen LogP contribution is -2.48. The molecule has 0 saturated heterocycles. The molecule has 0 aliphatic rings. The van der Waals surface area contributed by atoms with Crippen molar-refractivity contribution in [3.05, 3.63) is 54.6 Å². The summed E-state index contributed by atoms with van der Waals surface area (Å²) in [6, 6.07) is 16.2. The fraction of sp³-hybridized carbons (Fsp3) is 0.350. The fourth-order valence-electron chi connectivity index (χ4n) is 2.11. The summed E-state index contributed by atoms with van der Waals surface area (Å²) in [5, 5.41) is 13.3. The maximum absolute atomic E-state index is 11.0. The van der Waals surface area contributed by atoms with Crippen LogP contribution in [-0.4, -0.2) is 50.3 Å². The van der Waals surface area contributed by atoms with Gasteiger partial charge in [0.2, 0.25) is 0 Å². The maximum atomic E-state index is 11.0. The number of esters is 1. The number of carbonyl (C=O) groups is 1. The van der Waals surface area contributed by atoms with E-state index in [0.29, 0.717) is 30.4 Å². The predicted octanol–water partition coefficient (Wildman–Crippen LogP) is 1.99. The first-order valence-electron chi connectivity index (χ1n) is 8.56. The Bertz CT molecular complexity index is 687. The Hall–Kier alpha value is -2.77. The lowest BCUT2D eigenvalue weighted by Gasteiger charge is -2.25. The highest BCUT2D eigenvalue weighted by atomic mass is 16.6. The number of rotatable bonds is 11. The SMILES string of the molecule is COC(=O)COc1ccc(OCCNC(C)(O)COc2ccccc2)cc1. The van der Waals surface area contributed by atoms with Crippen molar-refractivity contribution in [3.8, 4) is 17.2 Å². The van der Waals surface area contributed by atoms with Gasteiger partial charge < -0.3 is 24.1 Å². The van der Waals surface area contributed by atoms with E-state index in [4.69, 9.17) is 14.2 Å². The maximum Gasteiger partial charge on any atom is 0.343 e. The van der Waals surface area contributed by atoms with Crippen molar-refractivity contribution in [3.63, 3.8) is 0 Å². The minimum Gasteiger partial charge on any atom is -0.492 e. The summed E-state index contributed by atoms with van der Waals surface area (Å²) in [4.78, 5) is 11.0. The van der Waals surface area contributed by atoms with E-state index in [-0.39, 0.29) is 13.2 Å². The van der Waals surface area contributed by atoms with Gasteiger partial charge in [0, 0.05) is 6.54 Å². The number of hydrogen-bond acceptors (Lipinski definition) is 7. The monoisotopic (exact) mass is 375 g/mol. The first-order valence-corrected chi connectivity index (χ1v) is 8.56. The van der Waals surface area contributed by atoms with E-state index >= 15 is 0 Å². The summed E-state index contributed by atoms with van der Waals surface area (Å²) >= 11 is 0. The van der Waals surface area contributed by atoms with Crippen molar-refractivity contribution >= 4 is 5.97 Å². The van der Waals surface area contributed by atoms with Gasteiger partial charge in [0.1, 0.15) is 36.2 Å². The lowest BCUT2D eigenvalue weighted by atomic mass is 10.3. The van der Waals surface area contributed by atoms with Crippen LogP contribution in [0, 0.1) is 0 Å². The summed E-state index contributed by atoms with van der Waals surface area (Å²) in [7, 11) is 1.31. The Balaban J connectivity index is 1.65. The normalized spacial score (nSPS) is 12.7. The van der Waals surface area contributed by atoms with E-state index in [9.17, 15) is 9.90 Å². The molecule has 2 aromatic rings. The third-order valence-corrected chi connectivity index (χ3v) is 3.55. The van der Waals surface area contributed by atoms with Gasteiger partial charge >= 0.3 is 5.97 Å². The third-order valence-electron chi connectivity index (χ3n) is 3.55. The Morgan fingerprint density at radius 3 is 2.19 bits per heavy atom. The second-order valence-electron chi connectivity index (χ2n) is 5.99. The zero-order valence-electron chi connectivity index (χ0n) is 15.5. The highest BCUT2D eigenvalue weighted by molar-refractivity contribution is 5.70. The molecule has 2 N–H and O–H groups in total. The molecule has 27 heavy (non-hydrogen) atoms. The minimum atomic E-state index is -1.18. The number of carbonyl (C=O) groups excluding carboxylic acids is 1. The number of nitrogens with one attached hydrogen (secondary N) is 1. The molecule has 0 heterocycles. The molecule has 0 saturated carbocycles.